The number of rotatable bonds is 6. The van der Waals surface area contributed by atoms with E-state index in [4.69, 9.17) is 0 Å². The average molecular weight is 239 g/mol. The van der Waals surface area contributed by atoms with E-state index >= 15 is 0 Å². The molecule has 0 fully saturated rings. The van der Waals surface area contributed by atoms with Gasteiger partial charge in [-0.25, -0.2) is 4.39 Å². The minimum Gasteiger partial charge on any atom is -0.384 e. The lowest BCUT2D eigenvalue weighted by molar-refractivity contribution is 0.0540. The van der Waals surface area contributed by atoms with Gasteiger partial charge in [0, 0.05) is 12.6 Å². The van der Waals surface area contributed by atoms with E-state index < -0.39 is 5.60 Å². The number of hydrogen-bond donors (Lipinski definition) is 2. The quantitative estimate of drug-likeness (QED) is 0.800. The number of benzene rings is 1. The summed E-state index contributed by atoms with van der Waals surface area (Å²) in [5.74, 6) is -0.281. The zero-order valence-corrected chi connectivity index (χ0v) is 10.8. The fourth-order valence-electron chi connectivity index (χ4n) is 1.82. The molecule has 2 nitrogen and oxygen atoms in total. The van der Waals surface area contributed by atoms with Gasteiger partial charge >= 0.3 is 0 Å². The van der Waals surface area contributed by atoms with Gasteiger partial charge in [0.25, 0.3) is 0 Å². The Morgan fingerprint density at radius 1 is 1.35 bits per heavy atom. The number of hydrogen-bond acceptors (Lipinski definition) is 2. The summed E-state index contributed by atoms with van der Waals surface area (Å²) in [7, 11) is 0. The van der Waals surface area contributed by atoms with Crippen molar-refractivity contribution in [3.8, 4) is 0 Å². The Morgan fingerprint density at radius 3 is 2.47 bits per heavy atom. The van der Waals surface area contributed by atoms with Gasteiger partial charge in [-0.2, -0.15) is 0 Å². The van der Waals surface area contributed by atoms with Crippen molar-refractivity contribution >= 4 is 0 Å². The van der Waals surface area contributed by atoms with Crippen molar-refractivity contribution in [2.45, 2.75) is 45.3 Å². The van der Waals surface area contributed by atoms with Gasteiger partial charge in [0.05, 0.1) is 5.60 Å². The molecule has 0 aliphatic rings. The molecule has 0 heterocycles. The Hall–Kier alpha value is -0.930. The summed E-state index contributed by atoms with van der Waals surface area (Å²) in [6.07, 6.45) is 2.20. The predicted octanol–water partition coefficient (Wildman–Crippen LogP) is 2.81. The molecule has 1 rings (SSSR count). The molecule has 1 aromatic rings. The van der Waals surface area contributed by atoms with Crippen LogP contribution in [0.1, 0.15) is 39.2 Å². The number of nitrogens with one attached hydrogen (secondary N) is 1. The Labute approximate surface area is 103 Å². The molecule has 0 radical (unpaired) electrons. The minimum atomic E-state index is -0.963. The van der Waals surface area contributed by atoms with Crippen LogP contribution in [0.5, 0.6) is 0 Å². The molecule has 3 heteroatoms. The van der Waals surface area contributed by atoms with Crippen LogP contribution in [0.3, 0.4) is 0 Å². The molecular weight excluding hydrogens is 217 g/mol. The lowest BCUT2D eigenvalue weighted by atomic mass is 9.95. The molecule has 17 heavy (non-hydrogen) atoms. The normalized spacial score (nSPS) is 16.5. The van der Waals surface area contributed by atoms with E-state index in [-0.39, 0.29) is 5.82 Å². The maximum Gasteiger partial charge on any atom is 0.123 e. The molecule has 0 saturated heterocycles. The Morgan fingerprint density at radius 2 is 1.94 bits per heavy atom. The molecule has 0 aliphatic heterocycles. The van der Waals surface area contributed by atoms with Crippen LogP contribution in [0.15, 0.2) is 24.3 Å². The van der Waals surface area contributed by atoms with Crippen LogP contribution in [0.25, 0.3) is 0 Å². The zero-order valence-electron chi connectivity index (χ0n) is 10.8. The summed E-state index contributed by atoms with van der Waals surface area (Å²) >= 11 is 0. The summed E-state index contributed by atoms with van der Waals surface area (Å²) in [5, 5.41) is 13.6. The van der Waals surface area contributed by atoms with Crippen LogP contribution >= 0.6 is 0 Å². The molecule has 0 aromatic heterocycles. The summed E-state index contributed by atoms with van der Waals surface area (Å²) in [6, 6.07) is 6.38. The van der Waals surface area contributed by atoms with Gasteiger partial charge in [0.1, 0.15) is 5.82 Å². The van der Waals surface area contributed by atoms with Gasteiger partial charge in [0.2, 0.25) is 0 Å². The maximum absolute atomic E-state index is 12.8. The molecule has 0 saturated carbocycles. The molecule has 0 spiro atoms. The van der Waals surface area contributed by atoms with E-state index in [9.17, 15) is 9.50 Å². The van der Waals surface area contributed by atoms with E-state index in [2.05, 4.69) is 19.2 Å². The highest BCUT2D eigenvalue weighted by atomic mass is 19.1. The van der Waals surface area contributed by atoms with Crippen LogP contribution in [0.4, 0.5) is 4.39 Å². The van der Waals surface area contributed by atoms with Crippen LogP contribution in [0, 0.1) is 5.82 Å². The van der Waals surface area contributed by atoms with Crippen molar-refractivity contribution < 1.29 is 9.50 Å². The van der Waals surface area contributed by atoms with Gasteiger partial charge in [-0.3, -0.25) is 0 Å². The first-order valence-corrected chi connectivity index (χ1v) is 6.17. The smallest absolute Gasteiger partial charge is 0.123 e. The molecule has 1 aromatic carbocycles. The lowest BCUT2D eigenvalue weighted by Gasteiger charge is -2.26. The summed E-state index contributed by atoms with van der Waals surface area (Å²) in [4.78, 5) is 0. The van der Waals surface area contributed by atoms with Crippen molar-refractivity contribution in [2.75, 3.05) is 6.54 Å². The molecule has 2 atom stereocenters. The van der Waals surface area contributed by atoms with Crippen LogP contribution in [-0.4, -0.2) is 17.7 Å². The second-order valence-electron chi connectivity index (χ2n) is 4.85. The van der Waals surface area contributed by atoms with Crippen LogP contribution < -0.4 is 5.32 Å². The standard InChI is InChI=1S/C14H22FNO/c1-4-5-11(2)16-10-14(3,17)12-6-8-13(15)9-7-12/h6-9,11,16-17H,4-5,10H2,1-3H3. The van der Waals surface area contributed by atoms with Gasteiger partial charge in [-0.15, -0.1) is 0 Å². The van der Waals surface area contributed by atoms with Crippen molar-refractivity contribution in [3.05, 3.63) is 35.6 Å². The van der Waals surface area contributed by atoms with Crippen molar-refractivity contribution in [2.24, 2.45) is 0 Å². The Bertz CT molecular complexity index is 335. The average Bonchev–Trinajstić information content (AvgIpc) is 2.28. The van der Waals surface area contributed by atoms with Gasteiger partial charge in [0.15, 0.2) is 0 Å². The summed E-state index contributed by atoms with van der Waals surface area (Å²) in [5.41, 5.74) is -0.231. The van der Waals surface area contributed by atoms with Crippen LogP contribution in [0.2, 0.25) is 0 Å². The first kappa shape index (κ1) is 14.1. The first-order chi connectivity index (χ1) is 7.95. The third kappa shape index (κ3) is 4.44. The SMILES string of the molecule is CCCC(C)NCC(C)(O)c1ccc(F)cc1. The largest absolute Gasteiger partial charge is 0.384 e. The lowest BCUT2D eigenvalue weighted by Crippen LogP contribution is -2.39. The second-order valence-corrected chi connectivity index (χ2v) is 4.85. The highest BCUT2D eigenvalue weighted by molar-refractivity contribution is 5.22. The molecular formula is C14H22FNO. The molecule has 2 unspecified atom stereocenters. The monoisotopic (exact) mass is 239 g/mol. The maximum atomic E-state index is 12.8. The van der Waals surface area contributed by atoms with Gasteiger partial charge in [-0.05, 0) is 38.0 Å². The topological polar surface area (TPSA) is 32.3 Å². The van der Waals surface area contributed by atoms with E-state index in [0.29, 0.717) is 12.6 Å². The van der Waals surface area contributed by atoms with Crippen molar-refractivity contribution in [1.29, 1.82) is 0 Å². The van der Waals surface area contributed by atoms with Crippen molar-refractivity contribution in [3.63, 3.8) is 0 Å². The van der Waals surface area contributed by atoms with Crippen molar-refractivity contribution in [1.82, 2.24) is 5.32 Å². The summed E-state index contributed by atoms with van der Waals surface area (Å²) in [6.45, 7) is 6.45. The molecule has 0 aliphatic carbocycles. The number of halogens is 1. The van der Waals surface area contributed by atoms with E-state index in [1.165, 1.54) is 12.1 Å². The molecule has 0 amide bonds. The van der Waals surface area contributed by atoms with E-state index in [1.807, 2.05) is 0 Å². The number of aliphatic hydroxyl groups is 1. The molecule has 0 bridgehead atoms. The van der Waals surface area contributed by atoms with Crippen LogP contribution in [-0.2, 0) is 5.60 Å². The third-order valence-corrected chi connectivity index (χ3v) is 2.98. The Kier molecular flexibility index (Phi) is 5.09. The fraction of sp³-hybridized carbons (Fsp3) is 0.571. The zero-order chi connectivity index (χ0) is 12.9. The highest BCUT2D eigenvalue weighted by Gasteiger charge is 2.23. The predicted molar refractivity (Wildman–Crippen MR) is 68.3 cm³/mol. The van der Waals surface area contributed by atoms with Gasteiger partial charge < -0.3 is 10.4 Å². The van der Waals surface area contributed by atoms with E-state index in [0.717, 1.165) is 18.4 Å². The highest BCUT2D eigenvalue weighted by Crippen LogP contribution is 2.20. The third-order valence-electron chi connectivity index (χ3n) is 2.98. The van der Waals surface area contributed by atoms with Gasteiger partial charge in [-0.1, -0.05) is 25.5 Å². The minimum absolute atomic E-state index is 0.281. The first-order valence-electron chi connectivity index (χ1n) is 6.17. The molecule has 96 valence electrons. The summed E-state index contributed by atoms with van der Waals surface area (Å²) < 4.78 is 12.8. The second kappa shape index (κ2) is 6.12. The van der Waals surface area contributed by atoms with E-state index in [1.54, 1.807) is 19.1 Å². The molecule has 2 N–H and O–H groups in total. The Balaban J connectivity index is 2.58. The fourth-order valence-corrected chi connectivity index (χ4v) is 1.82.